The lowest BCUT2D eigenvalue weighted by Crippen LogP contribution is -2.12. The second kappa shape index (κ2) is 11.0. The number of hydrogen-bond donors (Lipinski definition) is 3. The van der Waals surface area contributed by atoms with Gasteiger partial charge in [0.2, 0.25) is 0 Å². The number of carbonyl (C=O) groups is 2. The fraction of sp³-hybridized carbons (Fsp3) is 0. The molecule has 0 bridgehead atoms. The van der Waals surface area contributed by atoms with Crippen LogP contribution in [0.4, 0.5) is 17.1 Å². The largest absolute Gasteiger partial charge is 0.322 e. The number of carbonyl (C=O) groups excluding carboxylic acids is 2. The molecule has 41 heavy (non-hydrogen) atoms. The molecule has 11 heteroatoms. The molecule has 0 aliphatic carbocycles. The quantitative estimate of drug-likeness (QED) is 0.121. The van der Waals surface area contributed by atoms with Gasteiger partial charge in [0.1, 0.15) is 0 Å². The van der Waals surface area contributed by atoms with Gasteiger partial charge in [0, 0.05) is 40.0 Å². The monoisotopic (exact) mass is 567 g/mol. The summed E-state index contributed by atoms with van der Waals surface area (Å²) in [5.41, 5.74) is 3.34. The summed E-state index contributed by atoms with van der Waals surface area (Å²) < 4.78 is 32.2. The maximum Gasteiger partial charge on any atom is 0.294 e. The fourth-order valence-electron chi connectivity index (χ4n) is 4.22. The molecule has 0 spiro atoms. The minimum absolute atomic E-state index is 0.0974. The molecule has 5 aromatic rings. The summed E-state index contributed by atoms with van der Waals surface area (Å²) in [4.78, 5) is 35.4. The minimum atomic E-state index is -4.35. The van der Waals surface area contributed by atoms with Gasteiger partial charge < -0.3 is 10.6 Å². The minimum Gasteiger partial charge on any atom is -0.322 e. The summed E-state index contributed by atoms with van der Waals surface area (Å²) in [6, 6.07) is 28.5. The molecule has 5 aromatic carbocycles. The summed E-state index contributed by atoms with van der Waals surface area (Å²) in [5.74, 6) is -0.750. The Morgan fingerprint density at radius 1 is 0.707 bits per heavy atom. The number of nitrogens with zero attached hydrogens (tertiary/aromatic N) is 1. The van der Waals surface area contributed by atoms with E-state index in [1.54, 1.807) is 54.6 Å². The summed E-state index contributed by atoms with van der Waals surface area (Å²) in [6.07, 6.45) is 0. The smallest absolute Gasteiger partial charge is 0.294 e. The maximum atomic E-state index is 12.9. The van der Waals surface area contributed by atoms with Crippen LogP contribution >= 0.6 is 0 Å². The van der Waals surface area contributed by atoms with Crippen LogP contribution in [0, 0.1) is 10.1 Å². The molecule has 0 heterocycles. The second-order valence-electron chi connectivity index (χ2n) is 9.03. The number of nitro benzene ring substituents is 1. The van der Waals surface area contributed by atoms with Crippen molar-refractivity contribution in [2.24, 2.45) is 0 Å². The van der Waals surface area contributed by atoms with Gasteiger partial charge in [-0.3, -0.25) is 24.3 Å². The van der Waals surface area contributed by atoms with Gasteiger partial charge in [-0.1, -0.05) is 42.5 Å². The molecule has 2 amide bonds. The molecule has 0 radical (unpaired) electrons. The highest BCUT2D eigenvalue weighted by atomic mass is 32.2. The van der Waals surface area contributed by atoms with Crippen LogP contribution in [0.2, 0.25) is 0 Å². The SMILES string of the molecule is O=C(Nc1ccc(-c2ccc(C(=O)Nc3cccc4cc(S(=O)(=O)O)ccc34)cc2)cc1)c1ccc([N+](=O)[O-])cc1. The molecule has 10 nitrogen and oxygen atoms in total. The van der Waals surface area contributed by atoms with E-state index in [0.717, 1.165) is 11.1 Å². The third-order valence-electron chi connectivity index (χ3n) is 6.36. The van der Waals surface area contributed by atoms with Gasteiger partial charge in [0.15, 0.2) is 0 Å². The number of fused-ring (bicyclic) bond motifs is 1. The van der Waals surface area contributed by atoms with E-state index < -0.39 is 20.9 Å². The highest BCUT2D eigenvalue weighted by molar-refractivity contribution is 7.85. The Morgan fingerprint density at radius 2 is 1.27 bits per heavy atom. The number of non-ortho nitro benzene ring substituents is 1. The molecule has 204 valence electrons. The number of benzene rings is 5. The molecule has 0 unspecified atom stereocenters. The van der Waals surface area contributed by atoms with Gasteiger partial charge in [0.05, 0.1) is 9.82 Å². The van der Waals surface area contributed by atoms with E-state index in [4.69, 9.17) is 0 Å². The molecule has 0 atom stereocenters. The summed E-state index contributed by atoms with van der Waals surface area (Å²) >= 11 is 0. The normalized spacial score (nSPS) is 11.1. The van der Waals surface area contributed by atoms with Crippen molar-refractivity contribution in [3.05, 3.63) is 130 Å². The number of hydrogen-bond acceptors (Lipinski definition) is 6. The second-order valence-corrected chi connectivity index (χ2v) is 10.5. The highest BCUT2D eigenvalue weighted by Crippen LogP contribution is 2.27. The first-order chi connectivity index (χ1) is 19.6. The lowest BCUT2D eigenvalue weighted by atomic mass is 10.0. The third kappa shape index (κ3) is 6.11. The Labute approximate surface area is 234 Å². The van der Waals surface area contributed by atoms with Crippen molar-refractivity contribution in [1.82, 2.24) is 0 Å². The van der Waals surface area contributed by atoms with Crippen LogP contribution in [0.25, 0.3) is 21.9 Å². The van der Waals surface area contributed by atoms with Crippen molar-refractivity contribution in [3.8, 4) is 11.1 Å². The molecule has 0 aromatic heterocycles. The molecule has 0 aliphatic rings. The molecule has 0 aliphatic heterocycles. The number of rotatable bonds is 7. The van der Waals surface area contributed by atoms with E-state index in [0.29, 0.717) is 33.3 Å². The van der Waals surface area contributed by atoms with E-state index in [2.05, 4.69) is 10.6 Å². The predicted octanol–water partition coefficient (Wildman–Crippen LogP) is 6.17. The summed E-state index contributed by atoms with van der Waals surface area (Å²) in [5, 5.41) is 17.5. The van der Waals surface area contributed by atoms with Crippen molar-refractivity contribution in [3.63, 3.8) is 0 Å². The Morgan fingerprint density at radius 3 is 1.85 bits per heavy atom. The summed E-state index contributed by atoms with van der Waals surface area (Å²) in [6.45, 7) is 0. The zero-order chi connectivity index (χ0) is 29.1. The van der Waals surface area contributed by atoms with Crippen LogP contribution < -0.4 is 10.6 Å². The van der Waals surface area contributed by atoms with Crippen LogP contribution in [0.15, 0.2) is 114 Å². The third-order valence-corrected chi connectivity index (χ3v) is 7.21. The van der Waals surface area contributed by atoms with Gasteiger partial charge in [-0.25, -0.2) is 0 Å². The molecular formula is C30H21N3O7S. The van der Waals surface area contributed by atoms with Crippen molar-refractivity contribution >= 4 is 49.8 Å². The number of anilines is 2. The predicted molar refractivity (Wildman–Crippen MR) is 155 cm³/mol. The van der Waals surface area contributed by atoms with Crippen molar-refractivity contribution in [2.75, 3.05) is 10.6 Å². The molecule has 3 N–H and O–H groups in total. The lowest BCUT2D eigenvalue weighted by Gasteiger charge is -2.10. The zero-order valence-corrected chi connectivity index (χ0v) is 22.0. The molecular weight excluding hydrogens is 546 g/mol. The van der Waals surface area contributed by atoms with Crippen LogP contribution in [0.1, 0.15) is 20.7 Å². The number of nitro groups is 1. The zero-order valence-electron chi connectivity index (χ0n) is 21.1. The van der Waals surface area contributed by atoms with Crippen molar-refractivity contribution in [1.29, 1.82) is 0 Å². The first-order valence-electron chi connectivity index (χ1n) is 12.2. The highest BCUT2D eigenvalue weighted by Gasteiger charge is 2.14. The standard InChI is InChI=1S/C30H21N3O7S/c34-29(22-10-14-25(15-11-22)33(36)37)31-24-12-8-20(9-13-24)19-4-6-21(7-5-19)30(35)32-28-3-1-2-23-18-26(41(38,39)40)16-17-27(23)28/h1-18H,(H,31,34)(H,32,35)(H,38,39,40). The van der Waals surface area contributed by atoms with E-state index >= 15 is 0 Å². The summed E-state index contributed by atoms with van der Waals surface area (Å²) in [7, 11) is -4.35. The number of amides is 2. The molecule has 0 saturated heterocycles. The molecule has 0 fully saturated rings. The van der Waals surface area contributed by atoms with Gasteiger partial charge in [-0.15, -0.1) is 0 Å². The van der Waals surface area contributed by atoms with Crippen molar-refractivity contribution in [2.45, 2.75) is 4.90 Å². The first-order valence-corrected chi connectivity index (χ1v) is 13.6. The van der Waals surface area contributed by atoms with Gasteiger partial charge in [-0.2, -0.15) is 8.42 Å². The maximum absolute atomic E-state index is 12.9. The average molecular weight is 568 g/mol. The number of nitrogens with one attached hydrogen (secondary N) is 2. The fourth-order valence-corrected chi connectivity index (χ4v) is 4.74. The van der Waals surface area contributed by atoms with Crippen LogP contribution in [0.5, 0.6) is 0 Å². The Hall–Kier alpha value is -5.39. The molecule has 5 rings (SSSR count). The topological polar surface area (TPSA) is 156 Å². The van der Waals surface area contributed by atoms with Crippen LogP contribution in [-0.4, -0.2) is 29.7 Å². The van der Waals surface area contributed by atoms with Crippen LogP contribution in [0.3, 0.4) is 0 Å². The van der Waals surface area contributed by atoms with E-state index in [-0.39, 0.29) is 16.5 Å². The Balaban J connectivity index is 1.26. The van der Waals surface area contributed by atoms with Crippen molar-refractivity contribution < 1.29 is 27.5 Å². The van der Waals surface area contributed by atoms with Crippen LogP contribution in [-0.2, 0) is 10.1 Å². The van der Waals surface area contributed by atoms with Gasteiger partial charge in [-0.05, 0) is 71.1 Å². The average Bonchev–Trinajstić information content (AvgIpc) is 2.97. The van der Waals surface area contributed by atoms with E-state index in [1.165, 1.54) is 42.5 Å². The first kappa shape index (κ1) is 27.2. The Bertz CT molecular complexity index is 1900. The lowest BCUT2D eigenvalue weighted by molar-refractivity contribution is -0.384. The Kier molecular flexibility index (Phi) is 7.30. The molecule has 0 saturated carbocycles. The van der Waals surface area contributed by atoms with Gasteiger partial charge >= 0.3 is 0 Å². The van der Waals surface area contributed by atoms with E-state index in [1.807, 2.05) is 12.1 Å². The van der Waals surface area contributed by atoms with Gasteiger partial charge in [0.25, 0.3) is 27.6 Å². The van der Waals surface area contributed by atoms with E-state index in [9.17, 15) is 32.7 Å².